The Kier molecular flexibility index (Phi) is 2.63. The first-order chi connectivity index (χ1) is 7.33. The molecule has 0 aromatic carbocycles. The van der Waals surface area contributed by atoms with Gasteiger partial charge in [-0.15, -0.1) is 0 Å². The van der Waals surface area contributed by atoms with Crippen molar-refractivity contribution in [3.8, 4) is 0 Å². The van der Waals surface area contributed by atoms with Gasteiger partial charge in [0.2, 0.25) is 0 Å². The summed E-state index contributed by atoms with van der Waals surface area (Å²) in [5.74, 6) is 0. The smallest absolute Gasteiger partial charge is 0.406 e. The lowest BCUT2D eigenvalue weighted by Gasteiger charge is -2.47. The van der Waals surface area contributed by atoms with Gasteiger partial charge in [-0.25, -0.2) is 0 Å². The third-order valence-electron chi connectivity index (χ3n) is 3.67. The molecule has 0 amide bonds. The summed E-state index contributed by atoms with van der Waals surface area (Å²) in [6, 6.07) is 0. The van der Waals surface area contributed by atoms with Crippen LogP contribution in [0.25, 0.3) is 0 Å². The molecule has 1 saturated heterocycles. The van der Waals surface area contributed by atoms with E-state index in [0.717, 1.165) is 11.2 Å². The zero-order valence-electron chi connectivity index (χ0n) is 10.5. The van der Waals surface area contributed by atoms with Gasteiger partial charge in [0.25, 0.3) is 0 Å². The van der Waals surface area contributed by atoms with E-state index in [4.69, 9.17) is 13.8 Å². The van der Waals surface area contributed by atoms with E-state index < -0.39 is 0 Å². The number of aromatic nitrogens is 1. The van der Waals surface area contributed by atoms with Crippen LogP contribution in [0, 0.1) is 12.3 Å². The van der Waals surface area contributed by atoms with Gasteiger partial charge in [0.15, 0.2) is 0 Å². The second-order valence-corrected chi connectivity index (χ2v) is 5.51. The van der Waals surface area contributed by atoms with E-state index in [1.54, 1.807) is 6.26 Å². The van der Waals surface area contributed by atoms with Gasteiger partial charge in [0.1, 0.15) is 6.26 Å². The molecule has 1 fully saturated rings. The van der Waals surface area contributed by atoms with Crippen LogP contribution in [0.2, 0.25) is 0 Å². The molecule has 0 atom stereocenters. The molecule has 0 saturated carbocycles. The highest BCUT2D eigenvalue weighted by Gasteiger charge is 2.47. The first-order valence-corrected chi connectivity index (χ1v) is 5.54. The largest absolute Gasteiger partial charge is 0.499 e. The summed E-state index contributed by atoms with van der Waals surface area (Å²) >= 11 is 0. The van der Waals surface area contributed by atoms with Crippen molar-refractivity contribution < 1.29 is 13.8 Å². The summed E-state index contributed by atoms with van der Waals surface area (Å²) in [7, 11) is -0.366. The highest BCUT2D eigenvalue weighted by molar-refractivity contribution is 6.61. The number of rotatable bonds is 1. The zero-order chi connectivity index (χ0) is 12.0. The van der Waals surface area contributed by atoms with Crippen molar-refractivity contribution in [3.63, 3.8) is 0 Å². The normalized spacial score (nSPS) is 23.4. The topological polar surface area (TPSA) is 44.5 Å². The van der Waals surface area contributed by atoms with Crippen LogP contribution in [0.4, 0.5) is 0 Å². The summed E-state index contributed by atoms with van der Waals surface area (Å²) in [5, 5.41) is 3.84. The van der Waals surface area contributed by atoms with Gasteiger partial charge in [-0.3, -0.25) is 0 Å². The Morgan fingerprint density at radius 2 is 2.00 bits per heavy atom. The molecule has 1 aromatic heterocycles. The second kappa shape index (κ2) is 3.60. The molecular formula is C11H18BNO3. The standard InChI is InChI=1S/C11H18BNO3/c1-8-9(6-15-13-8)12-14-7-10(2,3)11(4,5)16-12/h6H,7H2,1-5H3. The lowest BCUT2D eigenvalue weighted by Crippen LogP contribution is -2.58. The van der Waals surface area contributed by atoms with Gasteiger partial charge in [-0.2, -0.15) is 0 Å². The molecule has 2 rings (SSSR count). The van der Waals surface area contributed by atoms with Gasteiger partial charge in [0.05, 0.1) is 11.3 Å². The van der Waals surface area contributed by atoms with Crippen molar-refractivity contribution in [1.82, 2.24) is 5.16 Å². The van der Waals surface area contributed by atoms with Crippen LogP contribution in [-0.2, 0) is 9.31 Å². The lowest BCUT2D eigenvalue weighted by atomic mass is 9.69. The summed E-state index contributed by atoms with van der Waals surface area (Å²) in [4.78, 5) is 0. The summed E-state index contributed by atoms with van der Waals surface area (Å²) < 4.78 is 16.6. The fourth-order valence-corrected chi connectivity index (χ4v) is 1.60. The molecule has 1 aliphatic heterocycles. The molecule has 0 aliphatic carbocycles. The maximum Gasteiger partial charge on any atom is 0.499 e. The van der Waals surface area contributed by atoms with Gasteiger partial charge in [-0.1, -0.05) is 19.0 Å². The monoisotopic (exact) mass is 223 g/mol. The van der Waals surface area contributed by atoms with Crippen molar-refractivity contribution >= 4 is 12.6 Å². The molecule has 0 unspecified atom stereocenters. The number of aryl methyl sites for hydroxylation is 1. The fourth-order valence-electron chi connectivity index (χ4n) is 1.60. The van der Waals surface area contributed by atoms with Crippen molar-refractivity contribution in [3.05, 3.63) is 12.0 Å². The third-order valence-corrected chi connectivity index (χ3v) is 3.67. The van der Waals surface area contributed by atoms with Crippen molar-refractivity contribution in [2.75, 3.05) is 6.61 Å². The molecule has 5 heteroatoms. The van der Waals surface area contributed by atoms with E-state index in [1.807, 2.05) is 6.92 Å². The van der Waals surface area contributed by atoms with E-state index in [0.29, 0.717) is 6.61 Å². The zero-order valence-corrected chi connectivity index (χ0v) is 10.5. The minimum Gasteiger partial charge on any atom is -0.406 e. The SMILES string of the molecule is Cc1nocc1B1OCC(C)(C)C(C)(C)O1. The Morgan fingerprint density at radius 1 is 1.31 bits per heavy atom. The van der Waals surface area contributed by atoms with Crippen molar-refractivity contribution in [2.45, 2.75) is 40.2 Å². The Bertz CT molecular complexity index is 386. The van der Waals surface area contributed by atoms with E-state index in [9.17, 15) is 0 Å². The Hall–Kier alpha value is -0.805. The Balaban J connectivity index is 2.21. The lowest BCUT2D eigenvalue weighted by molar-refractivity contribution is -0.0937. The summed E-state index contributed by atoms with van der Waals surface area (Å²) in [6.45, 7) is 11.0. The van der Waals surface area contributed by atoms with E-state index in [1.165, 1.54) is 0 Å². The Labute approximate surface area is 96.4 Å². The minimum absolute atomic E-state index is 0.00539. The minimum atomic E-state index is -0.366. The molecule has 16 heavy (non-hydrogen) atoms. The maximum atomic E-state index is 5.99. The summed E-state index contributed by atoms with van der Waals surface area (Å²) in [5.41, 5.74) is 1.46. The van der Waals surface area contributed by atoms with E-state index >= 15 is 0 Å². The average molecular weight is 223 g/mol. The second-order valence-electron chi connectivity index (χ2n) is 5.51. The van der Waals surface area contributed by atoms with Gasteiger partial charge in [-0.05, 0) is 20.8 Å². The number of hydrogen-bond donors (Lipinski definition) is 0. The van der Waals surface area contributed by atoms with Crippen LogP contribution < -0.4 is 5.46 Å². The van der Waals surface area contributed by atoms with Crippen LogP contribution in [-0.4, -0.2) is 24.5 Å². The molecule has 0 bridgehead atoms. The van der Waals surface area contributed by atoms with Crippen molar-refractivity contribution in [2.24, 2.45) is 5.41 Å². The molecule has 1 aromatic rings. The van der Waals surface area contributed by atoms with Gasteiger partial charge < -0.3 is 13.8 Å². The predicted octanol–water partition coefficient (Wildman–Crippen LogP) is 1.53. The highest BCUT2D eigenvalue weighted by atomic mass is 16.6. The fraction of sp³-hybridized carbons (Fsp3) is 0.727. The quantitative estimate of drug-likeness (QED) is 0.677. The molecule has 2 heterocycles. The molecule has 4 nitrogen and oxygen atoms in total. The number of nitrogens with zero attached hydrogens (tertiary/aromatic N) is 1. The molecule has 88 valence electrons. The molecular weight excluding hydrogens is 205 g/mol. The van der Waals surface area contributed by atoms with Crippen LogP contribution >= 0.6 is 0 Å². The molecule has 1 aliphatic rings. The maximum absolute atomic E-state index is 5.99. The number of hydrogen-bond acceptors (Lipinski definition) is 4. The van der Waals surface area contributed by atoms with Crippen molar-refractivity contribution in [1.29, 1.82) is 0 Å². The van der Waals surface area contributed by atoms with E-state index in [-0.39, 0.29) is 18.1 Å². The molecule has 0 radical (unpaired) electrons. The highest BCUT2D eigenvalue weighted by Crippen LogP contribution is 2.38. The first kappa shape index (κ1) is 11.7. The van der Waals surface area contributed by atoms with Gasteiger partial charge in [0, 0.05) is 17.5 Å². The van der Waals surface area contributed by atoms with Crippen LogP contribution in [0.3, 0.4) is 0 Å². The molecule has 0 spiro atoms. The predicted molar refractivity (Wildman–Crippen MR) is 61.5 cm³/mol. The van der Waals surface area contributed by atoms with E-state index in [2.05, 4.69) is 32.9 Å². The average Bonchev–Trinajstić information content (AvgIpc) is 2.57. The van der Waals surface area contributed by atoms with Gasteiger partial charge >= 0.3 is 7.12 Å². The van der Waals surface area contributed by atoms with Crippen LogP contribution in [0.1, 0.15) is 33.4 Å². The first-order valence-electron chi connectivity index (χ1n) is 5.54. The Morgan fingerprint density at radius 3 is 2.50 bits per heavy atom. The summed E-state index contributed by atoms with van der Waals surface area (Å²) in [6.07, 6.45) is 1.59. The van der Waals surface area contributed by atoms with Crippen LogP contribution in [0.15, 0.2) is 10.8 Å². The molecule has 0 N–H and O–H groups in total. The third kappa shape index (κ3) is 1.78. The van der Waals surface area contributed by atoms with Crippen LogP contribution in [0.5, 0.6) is 0 Å².